The van der Waals surface area contributed by atoms with Crippen LogP contribution in [0.3, 0.4) is 0 Å². The van der Waals surface area contributed by atoms with Crippen LogP contribution in [0.2, 0.25) is 0 Å². The molecule has 0 radical (unpaired) electrons. The van der Waals surface area contributed by atoms with E-state index in [9.17, 15) is 22.9 Å². The molecule has 0 heterocycles. The smallest absolute Gasteiger partial charge is 0.267 e. The number of hydrogen-bond donors (Lipinski definition) is 3. The van der Waals surface area contributed by atoms with Crippen molar-refractivity contribution in [3.8, 4) is 0 Å². The van der Waals surface area contributed by atoms with E-state index in [0.717, 1.165) is 38.5 Å². The molecule has 0 aromatic rings. The maximum atomic E-state index is 12.4. The van der Waals surface area contributed by atoms with Crippen LogP contribution >= 0.6 is 0 Å². The second-order valence-electron chi connectivity index (χ2n) is 12.2. The fourth-order valence-electron chi connectivity index (χ4n) is 5.33. The summed E-state index contributed by atoms with van der Waals surface area (Å²) in [5, 5.41) is 13.1. The standard InChI is InChI=1S/C34H67NO5S/c1-3-5-7-9-11-13-15-16-17-18-19-20-21-23-25-27-29-33(36)32(31-41(38,39)40)35-34(37)30-28-26-24-22-14-12-10-8-6-4-2/h27,29,32-33,36H,3-26,28,30-31H2,1-2H3,(H,35,37)(H,38,39,40)/b29-27+. The van der Waals surface area contributed by atoms with Crippen LogP contribution in [-0.2, 0) is 14.9 Å². The van der Waals surface area contributed by atoms with Crippen molar-refractivity contribution in [1.82, 2.24) is 5.32 Å². The first kappa shape index (κ1) is 40.1. The molecule has 0 bridgehead atoms. The molecular weight excluding hydrogens is 534 g/mol. The number of unbranched alkanes of at least 4 members (excludes halogenated alkanes) is 23. The van der Waals surface area contributed by atoms with Gasteiger partial charge in [0.2, 0.25) is 5.91 Å². The van der Waals surface area contributed by atoms with Gasteiger partial charge < -0.3 is 10.4 Å². The molecule has 1 amide bonds. The zero-order valence-corrected chi connectivity index (χ0v) is 27.7. The maximum Gasteiger partial charge on any atom is 0.267 e. The van der Waals surface area contributed by atoms with Crippen molar-refractivity contribution in [1.29, 1.82) is 0 Å². The van der Waals surface area contributed by atoms with Gasteiger partial charge in [0.05, 0.1) is 17.9 Å². The molecule has 2 unspecified atom stereocenters. The molecule has 0 saturated carbocycles. The number of amides is 1. The van der Waals surface area contributed by atoms with Crippen LogP contribution in [0.5, 0.6) is 0 Å². The number of hydrogen-bond acceptors (Lipinski definition) is 4. The molecule has 0 aliphatic heterocycles. The number of nitrogens with one attached hydrogen (secondary N) is 1. The van der Waals surface area contributed by atoms with Gasteiger partial charge >= 0.3 is 0 Å². The van der Waals surface area contributed by atoms with Gasteiger partial charge in [-0.05, 0) is 19.3 Å². The highest BCUT2D eigenvalue weighted by Crippen LogP contribution is 2.14. The lowest BCUT2D eigenvalue weighted by Gasteiger charge is -2.21. The lowest BCUT2D eigenvalue weighted by Crippen LogP contribution is -2.46. The summed E-state index contributed by atoms with van der Waals surface area (Å²) in [6, 6.07) is -1.05. The highest BCUT2D eigenvalue weighted by Gasteiger charge is 2.24. The van der Waals surface area contributed by atoms with Crippen LogP contribution in [0, 0.1) is 0 Å². The van der Waals surface area contributed by atoms with E-state index >= 15 is 0 Å². The van der Waals surface area contributed by atoms with Gasteiger partial charge in [0.15, 0.2) is 0 Å². The molecule has 6 nitrogen and oxygen atoms in total. The second kappa shape index (κ2) is 29.2. The number of carbonyl (C=O) groups is 1. The van der Waals surface area contributed by atoms with E-state index < -0.39 is 28.0 Å². The predicted octanol–water partition coefficient (Wildman–Crippen LogP) is 9.46. The Labute approximate surface area is 254 Å². The third kappa shape index (κ3) is 30.3. The first-order chi connectivity index (χ1) is 19.8. The van der Waals surface area contributed by atoms with Gasteiger partial charge in [-0.15, -0.1) is 0 Å². The van der Waals surface area contributed by atoms with Gasteiger partial charge in [-0.1, -0.05) is 167 Å². The molecule has 244 valence electrons. The highest BCUT2D eigenvalue weighted by atomic mass is 32.2. The lowest BCUT2D eigenvalue weighted by atomic mass is 10.0. The summed E-state index contributed by atoms with van der Waals surface area (Å²) in [5.41, 5.74) is 0. The number of allylic oxidation sites excluding steroid dienone is 1. The summed E-state index contributed by atoms with van der Waals surface area (Å²) in [5.74, 6) is -0.973. The Morgan fingerprint density at radius 3 is 1.39 bits per heavy atom. The molecule has 0 spiro atoms. The third-order valence-electron chi connectivity index (χ3n) is 7.96. The number of aliphatic hydroxyl groups is 1. The molecule has 0 fully saturated rings. The van der Waals surface area contributed by atoms with Crippen molar-refractivity contribution in [2.75, 3.05) is 5.75 Å². The Morgan fingerprint density at radius 1 is 0.634 bits per heavy atom. The highest BCUT2D eigenvalue weighted by molar-refractivity contribution is 7.85. The molecule has 0 aliphatic carbocycles. The minimum atomic E-state index is -4.33. The molecule has 0 rings (SSSR count). The van der Waals surface area contributed by atoms with E-state index in [4.69, 9.17) is 0 Å². The summed E-state index contributed by atoms with van der Waals surface area (Å²) in [6.07, 6.45) is 33.4. The maximum absolute atomic E-state index is 12.4. The van der Waals surface area contributed by atoms with Crippen LogP contribution in [0.4, 0.5) is 0 Å². The van der Waals surface area contributed by atoms with Gasteiger partial charge in [-0.2, -0.15) is 8.42 Å². The van der Waals surface area contributed by atoms with Crippen molar-refractivity contribution in [2.24, 2.45) is 0 Å². The average Bonchev–Trinajstić information content (AvgIpc) is 2.92. The topological polar surface area (TPSA) is 104 Å². The molecule has 41 heavy (non-hydrogen) atoms. The van der Waals surface area contributed by atoms with Gasteiger partial charge in [0.25, 0.3) is 10.1 Å². The molecule has 0 saturated heterocycles. The zero-order valence-electron chi connectivity index (χ0n) is 26.9. The Morgan fingerprint density at radius 2 is 1.00 bits per heavy atom. The summed E-state index contributed by atoms with van der Waals surface area (Å²) in [4.78, 5) is 12.4. The number of rotatable bonds is 31. The van der Waals surface area contributed by atoms with E-state index in [-0.39, 0.29) is 5.91 Å². The molecular formula is C34H67NO5S. The van der Waals surface area contributed by atoms with E-state index in [0.29, 0.717) is 6.42 Å². The molecule has 0 aromatic heterocycles. The number of aliphatic hydroxyl groups excluding tert-OH is 1. The quantitative estimate of drug-likeness (QED) is 0.0417. The fraction of sp³-hybridized carbons (Fsp3) is 0.912. The summed E-state index contributed by atoms with van der Waals surface area (Å²) in [6.45, 7) is 4.48. The zero-order chi connectivity index (χ0) is 30.4. The Bertz CT molecular complexity index is 710. The van der Waals surface area contributed by atoms with Crippen molar-refractivity contribution >= 4 is 16.0 Å². The van der Waals surface area contributed by atoms with Crippen molar-refractivity contribution in [3.05, 3.63) is 12.2 Å². The summed E-state index contributed by atoms with van der Waals surface area (Å²) < 4.78 is 32.2. The van der Waals surface area contributed by atoms with E-state index in [2.05, 4.69) is 19.2 Å². The second-order valence-corrected chi connectivity index (χ2v) is 13.7. The minimum Gasteiger partial charge on any atom is -0.387 e. The minimum absolute atomic E-state index is 0.280. The number of carbonyl (C=O) groups excluding carboxylic acids is 1. The Hall–Kier alpha value is -0.920. The van der Waals surface area contributed by atoms with Crippen LogP contribution in [-0.4, -0.2) is 41.9 Å². The molecule has 0 aliphatic rings. The van der Waals surface area contributed by atoms with Gasteiger partial charge in [0, 0.05) is 6.42 Å². The van der Waals surface area contributed by atoms with Crippen LogP contribution in [0.1, 0.15) is 181 Å². The van der Waals surface area contributed by atoms with Crippen LogP contribution in [0.25, 0.3) is 0 Å². The largest absolute Gasteiger partial charge is 0.387 e. The van der Waals surface area contributed by atoms with E-state index in [1.165, 1.54) is 122 Å². The summed E-state index contributed by atoms with van der Waals surface area (Å²) in [7, 11) is -4.33. The van der Waals surface area contributed by atoms with Crippen LogP contribution < -0.4 is 5.32 Å². The monoisotopic (exact) mass is 601 g/mol. The Balaban J connectivity index is 3.99. The van der Waals surface area contributed by atoms with Crippen molar-refractivity contribution in [3.63, 3.8) is 0 Å². The van der Waals surface area contributed by atoms with E-state index in [1.807, 2.05) is 6.08 Å². The SMILES string of the molecule is CCCCCCCCCCCCCCCC/C=C/C(O)C(CS(=O)(=O)O)NC(=O)CCCCCCCCCCCC. The molecule has 3 N–H and O–H groups in total. The first-order valence-electron chi connectivity index (χ1n) is 17.4. The lowest BCUT2D eigenvalue weighted by molar-refractivity contribution is -0.122. The average molecular weight is 602 g/mol. The van der Waals surface area contributed by atoms with Gasteiger partial charge in [-0.3, -0.25) is 9.35 Å². The molecule has 0 aromatic carbocycles. The van der Waals surface area contributed by atoms with Gasteiger partial charge in [-0.25, -0.2) is 0 Å². The van der Waals surface area contributed by atoms with Crippen LogP contribution in [0.15, 0.2) is 12.2 Å². The molecule has 7 heteroatoms. The normalized spacial score (nSPS) is 13.6. The third-order valence-corrected chi connectivity index (χ3v) is 8.74. The van der Waals surface area contributed by atoms with Crippen molar-refractivity contribution in [2.45, 2.75) is 193 Å². The van der Waals surface area contributed by atoms with Gasteiger partial charge in [0.1, 0.15) is 0 Å². The predicted molar refractivity (Wildman–Crippen MR) is 175 cm³/mol. The Kier molecular flexibility index (Phi) is 28.5. The molecule has 2 atom stereocenters. The fourth-order valence-corrected chi connectivity index (χ4v) is 6.07. The first-order valence-corrected chi connectivity index (χ1v) is 19.0. The van der Waals surface area contributed by atoms with Crippen molar-refractivity contribution < 1.29 is 22.9 Å². The summed E-state index contributed by atoms with van der Waals surface area (Å²) >= 11 is 0. The van der Waals surface area contributed by atoms with E-state index in [1.54, 1.807) is 6.08 Å².